The highest BCUT2D eigenvalue weighted by Gasteiger charge is 2.33. The van der Waals surface area contributed by atoms with E-state index in [0.717, 1.165) is 36.3 Å². The number of carbonyl (C=O) groups is 1. The van der Waals surface area contributed by atoms with E-state index in [1.54, 1.807) is 12.0 Å². The lowest BCUT2D eigenvalue weighted by molar-refractivity contribution is -0.0123. The van der Waals surface area contributed by atoms with Crippen molar-refractivity contribution in [3.8, 4) is 11.6 Å². The van der Waals surface area contributed by atoms with Gasteiger partial charge in [-0.3, -0.25) is 4.79 Å². The van der Waals surface area contributed by atoms with Gasteiger partial charge >= 0.3 is 0 Å². The zero-order valence-corrected chi connectivity index (χ0v) is 28.5. The zero-order valence-electron chi connectivity index (χ0n) is 27.7. The normalized spacial score (nSPS) is 20.6. The number of methoxy groups -OCH3 is 1. The zero-order chi connectivity index (χ0) is 34.0. The summed E-state index contributed by atoms with van der Waals surface area (Å²) in [4.78, 5) is 24.6. The van der Waals surface area contributed by atoms with Crippen molar-refractivity contribution in [1.29, 1.82) is 0 Å². The van der Waals surface area contributed by atoms with Gasteiger partial charge < -0.3 is 23.8 Å². The first-order valence-electron chi connectivity index (χ1n) is 15.8. The molecule has 0 N–H and O–H groups in total. The molecule has 2 aromatic carbocycles. The predicted octanol–water partition coefficient (Wildman–Crippen LogP) is 4.97. The highest BCUT2D eigenvalue weighted by Crippen LogP contribution is 2.24. The van der Waals surface area contributed by atoms with E-state index in [4.69, 9.17) is 18.9 Å². The quantitative estimate of drug-likeness (QED) is 0.294. The summed E-state index contributed by atoms with van der Waals surface area (Å²) >= 11 is 0. The summed E-state index contributed by atoms with van der Waals surface area (Å²) in [6, 6.07) is 11.9. The molecule has 1 aromatic heterocycles. The van der Waals surface area contributed by atoms with Crippen molar-refractivity contribution in [2.45, 2.75) is 69.8 Å². The van der Waals surface area contributed by atoms with Crippen LogP contribution >= 0.6 is 0 Å². The summed E-state index contributed by atoms with van der Waals surface area (Å²) in [6.45, 7) is 6.94. The molecule has 0 saturated carbocycles. The SMILES string of the molecule is COc1ccc(COC[C@H](C)N2C[C@@H](C)[C@H](CN(C)S(=O)(=O)c3ccc(F)cc3)OCCCC[C@H](C)Oc3nccnc3C2=O)cc1. The van der Waals surface area contributed by atoms with Crippen molar-refractivity contribution < 1.29 is 36.6 Å². The van der Waals surface area contributed by atoms with E-state index < -0.39 is 28.0 Å². The fourth-order valence-electron chi connectivity index (χ4n) is 5.30. The van der Waals surface area contributed by atoms with E-state index in [2.05, 4.69) is 9.97 Å². The minimum absolute atomic E-state index is 0.0152. The molecule has 0 bridgehead atoms. The molecule has 1 amide bonds. The van der Waals surface area contributed by atoms with Gasteiger partial charge in [-0.25, -0.2) is 22.8 Å². The van der Waals surface area contributed by atoms with Crippen LogP contribution in [0, 0.1) is 11.7 Å². The van der Waals surface area contributed by atoms with Gasteiger partial charge in [0.2, 0.25) is 15.9 Å². The first-order chi connectivity index (χ1) is 22.5. The van der Waals surface area contributed by atoms with E-state index in [0.29, 0.717) is 19.6 Å². The number of amides is 1. The second-order valence-electron chi connectivity index (χ2n) is 11.9. The minimum atomic E-state index is -3.93. The summed E-state index contributed by atoms with van der Waals surface area (Å²) in [5, 5.41) is 0. The van der Waals surface area contributed by atoms with Crippen LogP contribution < -0.4 is 9.47 Å². The Morgan fingerprint density at radius 3 is 2.47 bits per heavy atom. The third-order valence-corrected chi connectivity index (χ3v) is 10.0. The molecule has 4 rings (SSSR count). The number of benzene rings is 2. The number of hydrogen-bond acceptors (Lipinski definition) is 9. The monoisotopic (exact) mass is 672 g/mol. The van der Waals surface area contributed by atoms with E-state index >= 15 is 0 Å². The summed E-state index contributed by atoms with van der Waals surface area (Å²) in [6.07, 6.45) is 4.41. The Morgan fingerprint density at radius 1 is 1.06 bits per heavy atom. The largest absolute Gasteiger partial charge is 0.497 e. The highest BCUT2D eigenvalue weighted by molar-refractivity contribution is 7.89. The topological polar surface area (TPSA) is 120 Å². The van der Waals surface area contributed by atoms with Gasteiger partial charge in [0.1, 0.15) is 11.6 Å². The molecule has 1 aliphatic heterocycles. The molecule has 47 heavy (non-hydrogen) atoms. The molecule has 0 saturated heterocycles. The van der Waals surface area contributed by atoms with Gasteiger partial charge in [0.15, 0.2) is 5.69 Å². The molecule has 0 aliphatic carbocycles. The summed E-state index contributed by atoms with van der Waals surface area (Å²) < 4.78 is 65.2. The average Bonchev–Trinajstić information content (AvgIpc) is 3.06. The summed E-state index contributed by atoms with van der Waals surface area (Å²) in [7, 11) is -0.842. The maximum Gasteiger partial charge on any atom is 0.278 e. The van der Waals surface area contributed by atoms with E-state index in [1.807, 2.05) is 45.0 Å². The van der Waals surface area contributed by atoms with Gasteiger partial charge in [-0.2, -0.15) is 4.31 Å². The van der Waals surface area contributed by atoms with E-state index in [-0.39, 0.29) is 54.1 Å². The van der Waals surface area contributed by atoms with Crippen LogP contribution in [-0.2, 0) is 26.1 Å². The maximum atomic E-state index is 14.2. The number of fused-ring (bicyclic) bond motifs is 1. The first-order valence-corrected chi connectivity index (χ1v) is 17.3. The minimum Gasteiger partial charge on any atom is -0.497 e. The van der Waals surface area contributed by atoms with Crippen molar-refractivity contribution in [3.05, 3.63) is 78.0 Å². The average molecular weight is 673 g/mol. The Bertz CT molecular complexity index is 1540. The second kappa shape index (κ2) is 17.0. The van der Waals surface area contributed by atoms with E-state index in [1.165, 1.54) is 35.9 Å². The third-order valence-electron chi connectivity index (χ3n) is 8.17. The molecule has 13 heteroatoms. The smallest absolute Gasteiger partial charge is 0.278 e. The van der Waals surface area contributed by atoms with Crippen molar-refractivity contribution in [3.63, 3.8) is 0 Å². The number of sulfonamides is 1. The summed E-state index contributed by atoms with van der Waals surface area (Å²) in [5.74, 6) is -0.291. The van der Waals surface area contributed by atoms with Crippen molar-refractivity contribution in [1.82, 2.24) is 19.2 Å². The number of ether oxygens (including phenoxy) is 4. The van der Waals surface area contributed by atoms with Crippen molar-refractivity contribution in [2.75, 3.05) is 40.5 Å². The molecule has 0 unspecified atom stereocenters. The lowest BCUT2D eigenvalue weighted by Gasteiger charge is -2.35. The van der Waals surface area contributed by atoms with Crippen LogP contribution in [0.2, 0.25) is 0 Å². The van der Waals surface area contributed by atoms with Gasteiger partial charge in [-0.1, -0.05) is 19.1 Å². The Hall–Kier alpha value is -3.65. The molecular weight excluding hydrogens is 627 g/mol. The van der Waals surface area contributed by atoms with Crippen molar-refractivity contribution >= 4 is 15.9 Å². The molecule has 2 heterocycles. The number of halogens is 1. The van der Waals surface area contributed by atoms with Crippen LogP contribution in [0.3, 0.4) is 0 Å². The molecule has 0 spiro atoms. The Labute approximate surface area is 277 Å². The van der Waals surface area contributed by atoms with Crippen LogP contribution in [0.5, 0.6) is 11.6 Å². The summed E-state index contributed by atoms with van der Waals surface area (Å²) in [5.41, 5.74) is 1.05. The van der Waals surface area contributed by atoms with Crippen LogP contribution in [0.4, 0.5) is 4.39 Å². The second-order valence-corrected chi connectivity index (χ2v) is 14.0. The van der Waals surface area contributed by atoms with Gasteiger partial charge in [0, 0.05) is 45.1 Å². The molecule has 0 radical (unpaired) electrons. The Morgan fingerprint density at radius 2 is 1.77 bits per heavy atom. The number of rotatable bonds is 10. The molecular formula is C34H45FN4O7S. The fraction of sp³-hybridized carbons (Fsp3) is 0.500. The highest BCUT2D eigenvalue weighted by atomic mass is 32.2. The van der Waals surface area contributed by atoms with E-state index in [9.17, 15) is 17.6 Å². The lowest BCUT2D eigenvalue weighted by atomic mass is 10.0. The predicted molar refractivity (Wildman–Crippen MR) is 174 cm³/mol. The number of carbonyl (C=O) groups excluding carboxylic acids is 1. The standard InChI is InChI=1S/C34H45FN4O7S/c1-24-20-39(25(2)22-44-23-27-9-13-29(43-5)14-10-27)34(40)32-33(37-18-17-36-32)46-26(3)8-6-7-19-45-31(24)21-38(4)47(41,42)30-15-11-28(35)12-16-30/h9-18,24-26,31H,6-8,19-23H2,1-5H3/t24-,25+,26+,31+/m1/s1. The van der Waals surface area contributed by atoms with Crippen LogP contribution in [-0.4, -0.2) is 92.2 Å². The lowest BCUT2D eigenvalue weighted by Crippen LogP contribution is -2.48. The molecule has 11 nitrogen and oxygen atoms in total. The molecule has 1 aliphatic rings. The van der Waals surface area contributed by atoms with Crippen LogP contribution in [0.15, 0.2) is 65.8 Å². The Balaban J connectivity index is 1.58. The Kier molecular flexibility index (Phi) is 13.1. The van der Waals surface area contributed by atoms with Crippen LogP contribution in [0.1, 0.15) is 56.1 Å². The molecule has 0 fully saturated rings. The maximum absolute atomic E-state index is 14.2. The number of nitrogens with zero attached hydrogens (tertiary/aromatic N) is 4. The number of likely N-dealkylation sites (N-methyl/N-ethyl adjacent to an activating group) is 1. The van der Waals surface area contributed by atoms with Gasteiger partial charge in [0.25, 0.3) is 5.91 Å². The van der Waals surface area contributed by atoms with Crippen LogP contribution in [0.25, 0.3) is 0 Å². The van der Waals surface area contributed by atoms with Gasteiger partial charge in [0.05, 0.1) is 43.5 Å². The molecule has 4 atom stereocenters. The molecule has 256 valence electrons. The number of aromatic nitrogens is 2. The van der Waals surface area contributed by atoms with Gasteiger partial charge in [-0.05, 0) is 75.1 Å². The fourth-order valence-corrected chi connectivity index (χ4v) is 6.48. The van der Waals surface area contributed by atoms with Crippen molar-refractivity contribution in [2.24, 2.45) is 5.92 Å². The number of hydrogen-bond donors (Lipinski definition) is 0. The van der Waals surface area contributed by atoms with Gasteiger partial charge in [-0.15, -0.1) is 0 Å². The molecule has 3 aromatic rings. The first kappa shape index (κ1) is 36.2. The third kappa shape index (κ3) is 9.92.